The number of benzene rings is 2. The molecule has 0 saturated heterocycles. The molecule has 0 saturated carbocycles. The maximum atomic E-state index is 10.4. The average molecular weight is 273 g/mol. The molecule has 2 nitrogen and oxygen atoms in total. The Hall–Kier alpha value is -1.35. The van der Waals surface area contributed by atoms with Crippen molar-refractivity contribution in [2.45, 2.75) is 24.0 Å². The van der Waals surface area contributed by atoms with Gasteiger partial charge in [0.25, 0.3) is 0 Å². The zero-order chi connectivity index (χ0) is 13.1. The Morgan fingerprint density at radius 2 is 1.32 bits per heavy atom. The van der Waals surface area contributed by atoms with Crippen LogP contribution in [0.4, 0.5) is 0 Å². The third-order valence-electron chi connectivity index (χ3n) is 4.43. The van der Waals surface area contributed by atoms with Crippen molar-refractivity contribution in [1.82, 2.24) is 0 Å². The summed E-state index contributed by atoms with van der Waals surface area (Å²) in [4.78, 5) is 0. The molecule has 2 N–H and O–H groups in total. The lowest BCUT2D eigenvalue weighted by Crippen LogP contribution is -2.47. The molecule has 2 aromatic rings. The summed E-state index contributed by atoms with van der Waals surface area (Å²) in [5.74, 6) is -0.398. The second kappa shape index (κ2) is 3.83. The topological polar surface area (TPSA) is 40.5 Å². The molecule has 3 heteroatoms. The molecule has 3 aliphatic rings. The Morgan fingerprint density at radius 1 is 0.737 bits per heavy atom. The zero-order valence-corrected chi connectivity index (χ0v) is 10.9. The van der Waals surface area contributed by atoms with Gasteiger partial charge in [0, 0.05) is 16.9 Å². The van der Waals surface area contributed by atoms with E-state index in [2.05, 4.69) is 0 Å². The predicted octanol–water partition coefficient (Wildman–Crippen LogP) is 2.65. The van der Waals surface area contributed by atoms with E-state index in [9.17, 15) is 10.2 Å². The van der Waals surface area contributed by atoms with Gasteiger partial charge in [-0.1, -0.05) is 48.0 Å². The number of halogens is 1. The zero-order valence-electron chi connectivity index (χ0n) is 10.1. The number of fused-ring (bicyclic) bond motifs is 1. The van der Waals surface area contributed by atoms with Crippen molar-refractivity contribution < 1.29 is 10.2 Å². The fourth-order valence-corrected chi connectivity index (χ4v) is 3.97. The van der Waals surface area contributed by atoms with Gasteiger partial charge in [-0.25, -0.2) is 0 Å². The van der Waals surface area contributed by atoms with Crippen molar-refractivity contribution in [3.05, 3.63) is 69.7 Å². The van der Waals surface area contributed by atoms with E-state index in [1.54, 1.807) is 0 Å². The Labute approximate surface area is 116 Å². The van der Waals surface area contributed by atoms with Crippen LogP contribution in [0.3, 0.4) is 0 Å². The summed E-state index contributed by atoms with van der Waals surface area (Å²) in [6.07, 6.45) is -1.54. The minimum absolute atomic E-state index is 0.176. The molecule has 0 fully saturated rings. The van der Waals surface area contributed by atoms with E-state index in [4.69, 9.17) is 11.6 Å². The predicted molar refractivity (Wildman–Crippen MR) is 73.6 cm³/mol. The Balaban J connectivity index is 2.08. The van der Waals surface area contributed by atoms with Crippen molar-refractivity contribution in [3.8, 4) is 0 Å². The maximum Gasteiger partial charge on any atom is 0.0918 e. The summed E-state index contributed by atoms with van der Waals surface area (Å²) in [6, 6.07) is 13.8. The van der Waals surface area contributed by atoms with Gasteiger partial charge in [0.05, 0.1) is 12.2 Å². The van der Waals surface area contributed by atoms with Gasteiger partial charge in [0.15, 0.2) is 0 Å². The molecule has 3 aliphatic carbocycles. The maximum absolute atomic E-state index is 10.4. The number of aliphatic hydroxyl groups is 2. The van der Waals surface area contributed by atoms with Crippen LogP contribution in [0.5, 0.6) is 0 Å². The molecule has 0 radical (unpaired) electrons. The van der Waals surface area contributed by atoms with Crippen molar-refractivity contribution >= 4 is 11.6 Å². The first kappa shape index (κ1) is 11.5. The van der Waals surface area contributed by atoms with E-state index in [0.29, 0.717) is 5.02 Å². The van der Waals surface area contributed by atoms with Gasteiger partial charge in [-0.2, -0.15) is 0 Å². The van der Waals surface area contributed by atoms with E-state index in [-0.39, 0.29) is 11.8 Å². The molecule has 19 heavy (non-hydrogen) atoms. The van der Waals surface area contributed by atoms with E-state index in [0.717, 1.165) is 22.3 Å². The molecule has 0 heterocycles. The molecule has 0 unspecified atom stereocenters. The SMILES string of the molecule is O[C@@H]1[C@H]2c3ccccc3[C@@H](c3c(Cl)cccc32)[C@@H]1O. The molecule has 0 aromatic heterocycles. The van der Waals surface area contributed by atoms with Gasteiger partial charge >= 0.3 is 0 Å². The van der Waals surface area contributed by atoms with Crippen molar-refractivity contribution in [2.75, 3.05) is 0 Å². The molecular weight excluding hydrogens is 260 g/mol. The summed E-state index contributed by atoms with van der Waals surface area (Å²) in [6.45, 7) is 0. The smallest absolute Gasteiger partial charge is 0.0918 e. The minimum Gasteiger partial charge on any atom is -0.389 e. The highest BCUT2D eigenvalue weighted by Crippen LogP contribution is 2.54. The molecule has 0 aliphatic heterocycles. The Morgan fingerprint density at radius 3 is 2.05 bits per heavy atom. The lowest BCUT2D eigenvalue weighted by molar-refractivity contribution is -0.0154. The van der Waals surface area contributed by atoms with Crippen LogP contribution in [0.25, 0.3) is 0 Å². The number of hydrogen-bond donors (Lipinski definition) is 2. The van der Waals surface area contributed by atoms with Gasteiger partial charge in [0.1, 0.15) is 0 Å². The molecule has 0 spiro atoms. The monoisotopic (exact) mass is 272 g/mol. The Bertz CT molecular complexity index is 668. The molecule has 0 amide bonds. The lowest BCUT2D eigenvalue weighted by atomic mass is 9.61. The molecule has 5 rings (SSSR count). The van der Waals surface area contributed by atoms with Crippen molar-refractivity contribution in [3.63, 3.8) is 0 Å². The molecule has 2 bridgehead atoms. The normalized spacial score (nSPS) is 30.9. The molecule has 2 aromatic carbocycles. The van der Waals surface area contributed by atoms with Crippen molar-refractivity contribution in [2.24, 2.45) is 0 Å². The highest BCUT2D eigenvalue weighted by Gasteiger charge is 2.49. The van der Waals surface area contributed by atoms with Crippen LogP contribution in [0.1, 0.15) is 34.1 Å². The third kappa shape index (κ3) is 1.34. The Kier molecular flexibility index (Phi) is 2.31. The van der Waals surface area contributed by atoms with E-state index in [1.165, 1.54) is 0 Å². The fourth-order valence-electron chi connectivity index (χ4n) is 3.67. The van der Waals surface area contributed by atoms with Crippen LogP contribution in [0.15, 0.2) is 42.5 Å². The summed E-state index contributed by atoms with van der Waals surface area (Å²) in [7, 11) is 0. The van der Waals surface area contributed by atoms with Gasteiger partial charge in [-0.3, -0.25) is 0 Å². The van der Waals surface area contributed by atoms with Crippen LogP contribution >= 0.6 is 11.6 Å². The highest BCUT2D eigenvalue weighted by atomic mass is 35.5. The average Bonchev–Trinajstić information content (AvgIpc) is 2.43. The number of rotatable bonds is 0. The largest absolute Gasteiger partial charge is 0.389 e. The van der Waals surface area contributed by atoms with Gasteiger partial charge < -0.3 is 10.2 Å². The van der Waals surface area contributed by atoms with Crippen LogP contribution in [0.2, 0.25) is 5.02 Å². The molecule has 96 valence electrons. The van der Waals surface area contributed by atoms with Gasteiger partial charge in [-0.05, 0) is 28.3 Å². The third-order valence-corrected chi connectivity index (χ3v) is 4.76. The van der Waals surface area contributed by atoms with Crippen LogP contribution < -0.4 is 0 Å². The van der Waals surface area contributed by atoms with Crippen molar-refractivity contribution in [1.29, 1.82) is 0 Å². The summed E-state index contributed by atoms with van der Waals surface area (Å²) in [5.41, 5.74) is 4.23. The second-order valence-corrected chi connectivity index (χ2v) is 5.72. The van der Waals surface area contributed by atoms with E-state index < -0.39 is 12.2 Å². The standard InChI is InChI=1S/C16H13ClO2/c17-11-7-3-6-10-12-8-4-1-2-5-9(8)14(13(10)11)16(19)15(12)18/h1-7,12,14-16,18-19H/t12-,14-,15+,16-/m0/s1. The second-order valence-electron chi connectivity index (χ2n) is 5.31. The van der Waals surface area contributed by atoms with Crippen LogP contribution in [-0.4, -0.2) is 22.4 Å². The first-order valence-corrected chi connectivity index (χ1v) is 6.81. The van der Waals surface area contributed by atoms with E-state index >= 15 is 0 Å². The van der Waals surface area contributed by atoms with Crippen LogP contribution in [-0.2, 0) is 0 Å². The summed E-state index contributed by atoms with van der Waals surface area (Å²) >= 11 is 6.32. The minimum atomic E-state index is -0.785. The lowest BCUT2D eigenvalue weighted by Gasteiger charge is -2.46. The van der Waals surface area contributed by atoms with Crippen LogP contribution in [0, 0.1) is 0 Å². The first-order valence-electron chi connectivity index (χ1n) is 6.43. The van der Waals surface area contributed by atoms with E-state index in [1.807, 2.05) is 42.5 Å². The fraction of sp³-hybridized carbons (Fsp3) is 0.250. The molecular formula is C16H13ClO2. The summed E-state index contributed by atoms with van der Waals surface area (Å²) in [5, 5.41) is 21.4. The summed E-state index contributed by atoms with van der Waals surface area (Å²) < 4.78 is 0. The van der Waals surface area contributed by atoms with Gasteiger partial charge in [0.2, 0.25) is 0 Å². The number of aliphatic hydroxyl groups excluding tert-OH is 2. The van der Waals surface area contributed by atoms with Gasteiger partial charge in [-0.15, -0.1) is 0 Å². The first-order chi connectivity index (χ1) is 9.20. The molecule has 4 atom stereocenters. The quantitative estimate of drug-likeness (QED) is 0.774. The number of hydrogen-bond acceptors (Lipinski definition) is 2. The highest BCUT2D eigenvalue weighted by molar-refractivity contribution is 6.31.